The van der Waals surface area contributed by atoms with Gasteiger partial charge in [0.05, 0.1) is 5.56 Å². The molecule has 0 radical (unpaired) electrons. The molecule has 0 aliphatic heterocycles. The van der Waals surface area contributed by atoms with E-state index in [1.54, 1.807) is 0 Å². The molecule has 0 spiro atoms. The summed E-state index contributed by atoms with van der Waals surface area (Å²) in [5.74, 6) is 0. The lowest BCUT2D eigenvalue weighted by Gasteiger charge is -2.15. The first-order valence-electron chi connectivity index (χ1n) is 4.41. The predicted molar refractivity (Wildman–Crippen MR) is 49.2 cm³/mol. The van der Waals surface area contributed by atoms with Crippen LogP contribution in [0.4, 0.5) is 17.6 Å². The molecule has 0 aromatic heterocycles. The van der Waals surface area contributed by atoms with Crippen LogP contribution >= 0.6 is 0 Å². The zero-order chi connectivity index (χ0) is 11.5. The van der Waals surface area contributed by atoms with Gasteiger partial charge in [-0.3, -0.25) is 0 Å². The van der Waals surface area contributed by atoms with Gasteiger partial charge in [-0.1, -0.05) is 18.2 Å². The standard InChI is InChI=1S/C10H11F4N/c1-15-6-9(11)7-4-2-3-5-8(7)10(12,13)14/h2-5,9,15H,6H2,1H3. The lowest BCUT2D eigenvalue weighted by Crippen LogP contribution is -2.17. The van der Waals surface area contributed by atoms with Crippen molar-refractivity contribution in [2.75, 3.05) is 13.6 Å². The molecule has 1 nitrogen and oxygen atoms in total. The van der Waals surface area contributed by atoms with Crippen LogP contribution in [0.5, 0.6) is 0 Å². The third-order valence-electron chi connectivity index (χ3n) is 1.99. The number of likely N-dealkylation sites (N-methyl/N-ethyl adjacent to an activating group) is 1. The maximum absolute atomic E-state index is 13.4. The summed E-state index contributed by atoms with van der Waals surface area (Å²) in [6.07, 6.45) is -6.15. The van der Waals surface area contributed by atoms with Crippen LogP contribution in [0.25, 0.3) is 0 Å². The molecular formula is C10H11F4N. The molecule has 0 saturated carbocycles. The normalized spacial score (nSPS) is 13.9. The summed E-state index contributed by atoms with van der Waals surface area (Å²) < 4.78 is 50.7. The molecule has 1 atom stereocenters. The third-order valence-corrected chi connectivity index (χ3v) is 1.99. The van der Waals surface area contributed by atoms with E-state index >= 15 is 0 Å². The second kappa shape index (κ2) is 4.61. The van der Waals surface area contributed by atoms with Gasteiger partial charge in [0.15, 0.2) is 0 Å². The lowest BCUT2D eigenvalue weighted by atomic mass is 10.0. The number of nitrogens with one attached hydrogen (secondary N) is 1. The largest absolute Gasteiger partial charge is 0.416 e. The Balaban J connectivity index is 3.06. The second-order valence-electron chi connectivity index (χ2n) is 3.11. The summed E-state index contributed by atoms with van der Waals surface area (Å²) in [4.78, 5) is 0. The molecule has 0 aliphatic carbocycles. The highest BCUT2D eigenvalue weighted by Gasteiger charge is 2.34. The third kappa shape index (κ3) is 2.92. The van der Waals surface area contributed by atoms with Gasteiger partial charge in [0.2, 0.25) is 0 Å². The molecule has 15 heavy (non-hydrogen) atoms. The first-order valence-corrected chi connectivity index (χ1v) is 4.41. The highest BCUT2D eigenvalue weighted by Crippen LogP contribution is 2.35. The van der Waals surface area contributed by atoms with E-state index in [1.807, 2.05) is 0 Å². The topological polar surface area (TPSA) is 12.0 Å². The fraction of sp³-hybridized carbons (Fsp3) is 0.400. The van der Waals surface area contributed by atoms with E-state index < -0.39 is 17.9 Å². The Kier molecular flexibility index (Phi) is 3.68. The summed E-state index contributed by atoms with van der Waals surface area (Å²) in [6.45, 7) is -0.132. The summed E-state index contributed by atoms with van der Waals surface area (Å²) in [6, 6.07) is 4.69. The summed E-state index contributed by atoms with van der Waals surface area (Å²) in [5.41, 5.74) is -1.23. The van der Waals surface area contributed by atoms with Crippen LogP contribution in [0.15, 0.2) is 24.3 Å². The first-order chi connectivity index (χ1) is 6.96. The highest BCUT2D eigenvalue weighted by atomic mass is 19.4. The minimum atomic E-state index is -4.51. The van der Waals surface area contributed by atoms with E-state index in [1.165, 1.54) is 19.2 Å². The molecule has 0 aliphatic rings. The van der Waals surface area contributed by atoms with E-state index in [0.29, 0.717) is 0 Å². The molecular weight excluding hydrogens is 210 g/mol. The van der Waals surface area contributed by atoms with Crippen molar-refractivity contribution in [1.82, 2.24) is 5.32 Å². The van der Waals surface area contributed by atoms with Crippen LogP contribution < -0.4 is 5.32 Å². The Morgan fingerprint density at radius 2 is 1.87 bits per heavy atom. The highest BCUT2D eigenvalue weighted by molar-refractivity contribution is 5.31. The maximum atomic E-state index is 13.4. The van der Waals surface area contributed by atoms with Crippen molar-refractivity contribution in [3.63, 3.8) is 0 Å². The van der Waals surface area contributed by atoms with Gasteiger partial charge in [-0.15, -0.1) is 0 Å². The Labute approximate surface area is 85.1 Å². The molecule has 1 rings (SSSR count). The van der Waals surface area contributed by atoms with Gasteiger partial charge < -0.3 is 5.32 Å². The molecule has 0 heterocycles. The smallest absolute Gasteiger partial charge is 0.317 e. The Morgan fingerprint density at radius 1 is 1.27 bits per heavy atom. The fourth-order valence-corrected chi connectivity index (χ4v) is 1.32. The molecule has 1 unspecified atom stereocenters. The van der Waals surface area contributed by atoms with Crippen molar-refractivity contribution in [3.05, 3.63) is 35.4 Å². The molecule has 84 valence electrons. The van der Waals surface area contributed by atoms with Gasteiger partial charge in [-0.2, -0.15) is 13.2 Å². The van der Waals surface area contributed by atoms with Crippen molar-refractivity contribution in [3.8, 4) is 0 Å². The first kappa shape index (κ1) is 12.0. The Morgan fingerprint density at radius 3 is 2.40 bits per heavy atom. The van der Waals surface area contributed by atoms with E-state index in [-0.39, 0.29) is 12.1 Å². The minimum absolute atomic E-state index is 0.132. The number of hydrogen-bond donors (Lipinski definition) is 1. The van der Waals surface area contributed by atoms with Crippen molar-refractivity contribution >= 4 is 0 Å². The van der Waals surface area contributed by atoms with Crippen molar-refractivity contribution in [1.29, 1.82) is 0 Å². The molecule has 1 aromatic rings. The van der Waals surface area contributed by atoms with Crippen LogP contribution in [0.3, 0.4) is 0 Å². The van der Waals surface area contributed by atoms with Crippen molar-refractivity contribution < 1.29 is 17.6 Å². The van der Waals surface area contributed by atoms with Gasteiger partial charge in [-0.05, 0) is 18.7 Å². The number of benzene rings is 1. The minimum Gasteiger partial charge on any atom is -0.317 e. The van der Waals surface area contributed by atoms with Crippen LogP contribution in [0.2, 0.25) is 0 Å². The molecule has 1 aromatic carbocycles. The molecule has 0 bridgehead atoms. The number of rotatable bonds is 3. The zero-order valence-corrected chi connectivity index (χ0v) is 8.11. The van der Waals surface area contributed by atoms with Crippen LogP contribution in [0.1, 0.15) is 17.3 Å². The van der Waals surface area contributed by atoms with Crippen molar-refractivity contribution in [2.24, 2.45) is 0 Å². The number of alkyl halides is 4. The van der Waals surface area contributed by atoms with Gasteiger partial charge >= 0.3 is 6.18 Å². The molecule has 1 N–H and O–H groups in total. The summed E-state index contributed by atoms with van der Waals surface area (Å²) in [7, 11) is 1.49. The van der Waals surface area contributed by atoms with Crippen molar-refractivity contribution in [2.45, 2.75) is 12.3 Å². The number of halogens is 4. The van der Waals surface area contributed by atoms with E-state index in [0.717, 1.165) is 12.1 Å². The van der Waals surface area contributed by atoms with Gasteiger partial charge in [-0.25, -0.2) is 4.39 Å². The van der Waals surface area contributed by atoms with Crippen LogP contribution in [-0.4, -0.2) is 13.6 Å². The second-order valence-corrected chi connectivity index (χ2v) is 3.11. The Hall–Kier alpha value is -1.10. The molecule has 0 fully saturated rings. The van der Waals surface area contributed by atoms with Gasteiger partial charge in [0, 0.05) is 6.54 Å². The van der Waals surface area contributed by atoms with Crippen LogP contribution in [0, 0.1) is 0 Å². The van der Waals surface area contributed by atoms with E-state index in [2.05, 4.69) is 5.32 Å². The SMILES string of the molecule is CNCC(F)c1ccccc1C(F)(F)F. The van der Waals surface area contributed by atoms with E-state index in [4.69, 9.17) is 0 Å². The number of hydrogen-bond acceptors (Lipinski definition) is 1. The average Bonchev–Trinajstić information content (AvgIpc) is 2.17. The molecule has 5 heteroatoms. The van der Waals surface area contributed by atoms with Crippen LogP contribution in [-0.2, 0) is 6.18 Å². The average molecular weight is 221 g/mol. The fourth-order valence-electron chi connectivity index (χ4n) is 1.32. The maximum Gasteiger partial charge on any atom is 0.416 e. The van der Waals surface area contributed by atoms with Gasteiger partial charge in [0.1, 0.15) is 6.17 Å². The Bertz CT molecular complexity index is 321. The lowest BCUT2D eigenvalue weighted by molar-refractivity contribution is -0.138. The summed E-state index contributed by atoms with van der Waals surface area (Å²) >= 11 is 0. The quantitative estimate of drug-likeness (QED) is 0.774. The summed E-state index contributed by atoms with van der Waals surface area (Å²) in [5, 5.41) is 2.50. The molecule has 0 saturated heterocycles. The predicted octanol–water partition coefficient (Wildman–Crippen LogP) is 2.94. The monoisotopic (exact) mass is 221 g/mol. The zero-order valence-electron chi connectivity index (χ0n) is 8.11. The molecule has 0 amide bonds. The van der Waals surface area contributed by atoms with Gasteiger partial charge in [0.25, 0.3) is 0 Å². The van der Waals surface area contributed by atoms with E-state index in [9.17, 15) is 17.6 Å².